The van der Waals surface area contributed by atoms with Crippen molar-refractivity contribution in [3.05, 3.63) is 0 Å². The van der Waals surface area contributed by atoms with Crippen molar-refractivity contribution < 1.29 is 14.3 Å². The van der Waals surface area contributed by atoms with Gasteiger partial charge in [-0.05, 0) is 13.8 Å². The highest BCUT2D eigenvalue weighted by atomic mass is 16.5. The van der Waals surface area contributed by atoms with Crippen LogP contribution in [0.1, 0.15) is 40.5 Å². The van der Waals surface area contributed by atoms with Gasteiger partial charge in [-0.1, -0.05) is 13.8 Å². The van der Waals surface area contributed by atoms with E-state index < -0.39 is 0 Å². The van der Waals surface area contributed by atoms with Gasteiger partial charge in [0, 0.05) is 26.1 Å². The van der Waals surface area contributed by atoms with Gasteiger partial charge in [0.2, 0.25) is 0 Å². The topological polar surface area (TPSA) is 43.4 Å². The molecule has 3 nitrogen and oxygen atoms in total. The van der Waals surface area contributed by atoms with Gasteiger partial charge in [-0.3, -0.25) is 0 Å². The molecule has 0 aromatic carbocycles. The third kappa shape index (κ3) is 89.7. The number of carbonyl (C=O) groups excluding carboxylic acids is 2. The number of aldehydes is 2. The number of carbonyl (C=O) groups is 2. The van der Waals surface area contributed by atoms with Gasteiger partial charge in [0.25, 0.3) is 0 Å². The molecule has 0 atom stereocenters. The predicted molar refractivity (Wildman–Crippen MR) is 54.9 cm³/mol. The van der Waals surface area contributed by atoms with E-state index in [2.05, 4.69) is 0 Å². The second-order valence-electron chi connectivity index (χ2n) is 1.93. The Balaban J connectivity index is -0.000000117. The highest BCUT2D eigenvalue weighted by Gasteiger charge is 1.64. The van der Waals surface area contributed by atoms with Gasteiger partial charge in [0.05, 0.1) is 0 Å². The quantitative estimate of drug-likeness (QED) is 0.638. The number of hydrogen-bond acceptors (Lipinski definition) is 3. The first-order chi connectivity index (χ1) is 6.24. The number of rotatable bonds is 4. The van der Waals surface area contributed by atoms with E-state index >= 15 is 0 Å². The minimum absolute atomic E-state index is 0.639. The molecular formula is C10H22O3. The average Bonchev–Trinajstić information content (AvgIpc) is 2.20. The standard InChI is InChI=1S/C4H10O.2C3H6O/c1-3-5-4-2;2*1-2-3-4/h3-4H2,1-2H3;2*3H,2H2,1H3. The Bertz CT molecular complexity index is 72.2. The minimum atomic E-state index is 0.639. The molecule has 0 aromatic rings. The summed E-state index contributed by atoms with van der Waals surface area (Å²) in [7, 11) is 0. The first kappa shape index (κ1) is 18.2. The molecule has 0 radical (unpaired) electrons. The van der Waals surface area contributed by atoms with Gasteiger partial charge in [-0.15, -0.1) is 0 Å². The molecule has 0 saturated heterocycles. The van der Waals surface area contributed by atoms with Gasteiger partial charge in [-0.2, -0.15) is 0 Å². The summed E-state index contributed by atoms with van der Waals surface area (Å²) in [6.45, 7) is 9.29. The van der Waals surface area contributed by atoms with Crippen molar-refractivity contribution in [2.24, 2.45) is 0 Å². The number of ether oxygens (including phenoxy) is 1. The van der Waals surface area contributed by atoms with E-state index in [0.717, 1.165) is 25.8 Å². The summed E-state index contributed by atoms with van der Waals surface area (Å²) in [5, 5.41) is 0. The minimum Gasteiger partial charge on any atom is -0.382 e. The normalized spacial score (nSPS) is 7.08. The van der Waals surface area contributed by atoms with Crippen molar-refractivity contribution in [1.29, 1.82) is 0 Å². The van der Waals surface area contributed by atoms with Gasteiger partial charge in [0.1, 0.15) is 12.6 Å². The molecular weight excluding hydrogens is 168 g/mol. The molecule has 0 heterocycles. The summed E-state index contributed by atoms with van der Waals surface area (Å²) in [5.41, 5.74) is 0. The van der Waals surface area contributed by atoms with Crippen LogP contribution in [0.15, 0.2) is 0 Å². The van der Waals surface area contributed by atoms with Gasteiger partial charge in [0.15, 0.2) is 0 Å². The lowest BCUT2D eigenvalue weighted by molar-refractivity contribution is -0.108. The molecule has 0 unspecified atom stereocenters. The fourth-order valence-corrected chi connectivity index (χ4v) is 0.204. The maximum absolute atomic E-state index is 9.17. The lowest BCUT2D eigenvalue weighted by Gasteiger charge is -1.86. The van der Waals surface area contributed by atoms with Gasteiger partial charge < -0.3 is 14.3 Å². The molecule has 0 aliphatic carbocycles. The summed E-state index contributed by atoms with van der Waals surface area (Å²) in [6.07, 6.45) is 3.03. The largest absolute Gasteiger partial charge is 0.382 e. The summed E-state index contributed by atoms with van der Waals surface area (Å²) >= 11 is 0. The van der Waals surface area contributed by atoms with E-state index in [-0.39, 0.29) is 0 Å². The zero-order chi connectivity index (χ0) is 10.9. The van der Waals surface area contributed by atoms with Gasteiger partial charge >= 0.3 is 0 Å². The monoisotopic (exact) mass is 190 g/mol. The lowest BCUT2D eigenvalue weighted by Crippen LogP contribution is -1.84. The maximum atomic E-state index is 9.17. The molecule has 0 spiro atoms. The zero-order valence-electron chi connectivity index (χ0n) is 9.21. The Morgan fingerprint density at radius 2 is 1.08 bits per heavy atom. The molecule has 3 heteroatoms. The molecule has 0 aliphatic rings. The maximum Gasteiger partial charge on any atom is 0.119 e. The van der Waals surface area contributed by atoms with Crippen LogP contribution in [0.25, 0.3) is 0 Å². The van der Waals surface area contributed by atoms with Crippen LogP contribution in [-0.2, 0) is 14.3 Å². The molecule has 0 saturated carbocycles. The third-order valence-electron chi connectivity index (χ3n) is 0.742. The van der Waals surface area contributed by atoms with Crippen molar-refractivity contribution in [1.82, 2.24) is 0 Å². The molecule has 13 heavy (non-hydrogen) atoms. The molecule has 0 rings (SSSR count). The smallest absolute Gasteiger partial charge is 0.119 e. The SMILES string of the molecule is CCC=O.CCC=O.CCOCC. The van der Waals surface area contributed by atoms with E-state index in [9.17, 15) is 9.59 Å². The summed E-state index contributed by atoms with van der Waals surface area (Å²) < 4.78 is 4.83. The van der Waals surface area contributed by atoms with Crippen molar-refractivity contribution in [2.75, 3.05) is 13.2 Å². The molecule has 0 N–H and O–H groups in total. The Hall–Kier alpha value is -0.700. The van der Waals surface area contributed by atoms with Crippen LogP contribution in [0.3, 0.4) is 0 Å². The van der Waals surface area contributed by atoms with Crippen LogP contribution in [0.5, 0.6) is 0 Å². The Labute approximate surface area is 81.5 Å². The van der Waals surface area contributed by atoms with E-state index in [1.807, 2.05) is 27.7 Å². The average molecular weight is 190 g/mol. The van der Waals surface area contributed by atoms with Crippen molar-refractivity contribution in [3.8, 4) is 0 Å². The lowest BCUT2D eigenvalue weighted by atomic mass is 10.6. The molecule has 0 bridgehead atoms. The highest BCUT2D eigenvalue weighted by Crippen LogP contribution is 1.64. The van der Waals surface area contributed by atoms with Gasteiger partial charge in [-0.25, -0.2) is 0 Å². The van der Waals surface area contributed by atoms with E-state index in [4.69, 9.17) is 4.74 Å². The van der Waals surface area contributed by atoms with E-state index in [1.165, 1.54) is 0 Å². The van der Waals surface area contributed by atoms with Crippen LogP contribution >= 0.6 is 0 Å². The summed E-state index contributed by atoms with van der Waals surface area (Å²) in [5.74, 6) is 0. The molecule has 0 aliphatic heterocycles. The van der Waals surface area contributed by atoms with Crippen LogP contribution < -0.4 is 0 Å². The van der Waals surface area contributed by atoms with Crippen molar-refractivity contribution in [2.45, 2.75) is 40.5 Å². The van der Waals surface area contributed by atoms with Crippen LogP contribution in [0.2, 0.25) is 0 Å². The first-order valence-electron chi connectivity index (χ1n) is 4.69. The van der Waals surface area contributed by atoms with Crippen molar-refractivity contribution in [3.63, 3.8) is 0 Å². The molecule has 0 aromatic heterocycles. The van der Waals surface area contributed by atoms with Crippen molar-refractivity contribution >= 4 is 12.6 Å². The summed E-state index contributed by atoms with van der Waals surface area (Å²) in [6, 6.07) is 0. The third-order valence-corrected chi connectivity index (χ3v) is 0.742. The van der Waals surface area contributed by atoms with E-state index in [1.54, 1.807) is 0 Å². The fourth-order valence-electron chi connectivity index (χ4n) is 0.204. The molecule has 80 valence electrons. The first-order valence-corrected chi connectivity index (χ1v) is 4.69. The predicted octanol–water partition coefficient (Wildman–Crippen LogP) is 2.23. The molecule has 0 amide bonds. The fraction of sp³-hybridized carbons (Fsp3) is 0.800. The highest BCUT2D eigenvalue weighted by molar-refractivity contribution is 5.48. The summed E-state index contributed by atoms with van der Waals surface area (Å²) in [4.78, 5) is 18.3. The second kappa shape index (κ2) is 30.2. The molecule has 0 fully saturated rings. The second-order valence-corrected chi connectivity index (χ2v) is 1.93. The van der Waals surface area contributed by atoms with Crippen LogP contribution in [0.4, 0.5) is 0 Å². The zero-order valence-corrected chi connectivity index (χ0v) is 9.21. The Kier molecular flexibility index (Phi) is 42.2. The Morgan fingerprint density at radius 1 is 0.846 bits per heavy atom. The van der Waals surface area contributed by atoms with E-state index in [0.29, 0.717) is 12.8 Å². The number of hydrogen-bond donors (Lipinski definition) is 0. The van der Waals surface area contributed by atoms with Crippen LogP contribution in [-0.4, -0.2) is 25.8 Å². The van der Waals surface area contributed by atoms with Crippen LogP contribution in [0, 0.1) is 0 Å². The Morgan fingerprint density at radius 3 is 1.08 bits per heavy atom.